The topological polar surface area (TPSA) is 3.24 Å². The second-order valence-electron chi connectivity index (χ2n) is 4.73. The summed E-state index contributed by atoms with van der Waals surface area (Å²) in [6, 6.07) is 1.80. The summed E-state index contributed by atoms with van der Waals surface area (Å²) in [4.78, 5) is 2.69. The maximum atomic E-state index is 2.69. The summed E-state index contributed by atoms with van der Waals surface area (Å²) in [5.74, 6) is 2.25. The molecule has 1 unspecified atom stereocenters. The molecule has 4 aliphatic rings. The van der Waals surface area contributed by atoms with Gasteiger partial charge in [-0.25, -0.2) is 0 Å². The van der Waals surface area contributed by atoms with Crippen LogP contribution in [0.3, 0.4) is 0 Å². The Morgan fingerprint density at radius 2 is 2.10 bits per heavy atom. The van der Waals surface area contributed by atoms with Crippen molar-refractivity contribution >= 4 is 0 Å². The normalized spacial score (nSPS) is 63.0. The van der Waals surface area contributed by atoms with Crippen LogP contribution in [0.5, 0.6) is 0 Å². The predicted molar refractivity (Wildman–Crippen MR) is 40.7 cm³/mol. The zero-order valence-electron chi connectivity index (χ0n) is 6.96. The zero-order chi connectivity index (χ0) is 7.09. The lowest BCUT2D eigenvalue weighted by Crippen LogP contribution is -2.29. The molecule has 0 aromatic heterocycles. The average Bonchev–Trinajstić information content (AvgIpc) is 2.57. The van der Waals surface area contributed by atoms with Gasteiger partial charge in [0.25, 0.3) is 0 Å². The molecule has 2 aliphatic carbocycles. The van der Waals surface area contributed by atoms with Crippen LogP contribution in [-0.4, -0.2) is 23.5 Å². The number of hydrogen-bond donors (Lipinski definition) is 0. The first kappa shape index (κ1) is 5.59. The van der Waals surface area contributed by atoms with Crippen molar-refractivity contribution < 1.29 is 0 Å². The number of nitrogens with zero attached hydrogens (tertiary/aromatic N) is 1. The second kappa shape index (κ2) is 1.18. The molecule has 0 radical (unpaired) electrons. The van der Waals surface area contributed by atoms with Gasteiger partial charge in [-0.2, -0.15) is 0 Å². The molecule has 10 heavy (non-hydrogen) atoms. The van der Waals surface area contributed by atoms with Gasteiger partial charge in [0.2, 0.25) is 0 Å². The maximum absolute atomic E-state index is 2.69. The van der Waals surface area contributed by atoms with Gasteiger partial charge in [0, 0.05) is 18.6 Å². The minimum absolute atomic E-state index is 0.793. The van der Waals surface area contributed by atoms with Crippen molar-refractivity contribution in [3.05, 3.63) is 0 Å². The standard InChI is InChI=1S/C9H15N/c1-5(2)10-4-6-7-8(10)9(6,7)3/h5-8H,4H2,1-3H3/t6-,7-,8?,9+/m1/s1. The van der Waals surface area contributed by atoms with Gasteiger partial charge in [-0.05, 0) is 31.1 Å². The lowest BCUT2D eigenvalue weighted by molar-refractivity contribution is 0.253. The van der Waals surface area contributed by atoms with E-state index in [2.05, 4.69) is 25.7 Å². The minimum Gasteiger partial charge on any atom is -0.297 e. The van der Waals surface area contributed by atoms with E-state index in [1.54, 1.807) is 0 Å². The molecule has 4 fully saturated rings. The van der Waals surface area contributed by atoms with Gasteiger partial charge in [-0.1, -0.05) is 6.92 Å². The van der Waals surface area contributed by atoms with Gasteiger partial charge in [0.15, 0.2) is 0 Å². The minimum atomic E-state index is 0.793. The molecular formula is C9H15N. The number of fused-ring (bicyclic) bond motifs is 1. The van der Waals surface area contributed by atoms with Gasteiger partial charge in [0.05, 0.1) is 0 Å². The van der Waals surface area contributed by atoms with Crippen LogP contribution in [0.1, 0.15) is 20.8 Å². The molecule has 1 heteroatoms. The number of piperidine rings is 1. The van der Waals surface area contributed by atoms with Gasteiger partial charge in [0.1, 0.15) is 0 Å². The Morgan fingerprint density at radius 3 is 2.30 bits per heavy atom. The van der Waals surface area contributed by atoms with E-state index in [-0.39, 0.29) is 0 Å². The van der Waals surface area contributed by atoms with Crippen LogP contribution < -0.4 is 0 Å². The lowest BCUT2D eigenvalue weighted by atomic mass is 10.1. The molecule has 1 nitrogen and oxygen atoms in total. The van der Waals surface area contributed by atoms with Crippen molar-refractivity contribution in [2.24, 2.45) is 17.3 Å². The van der Waals surface area contributed by atoms with Crippen LogP contribution in [0, 0.1) is 17.3 Å². The largest absolute Gasteiger partial charge is 0.297 e. The van der Waals surface area contributed by atoms with Gasteiger partial charge >= 0.3 is 0 Å². The smallest absolute Gasteiger partial charge is 0.0196 e. The summed E-state index contributed by atoms with van der Waals surface area (Å²) >= 11 is 0. The third-order valence-corrected chi connectivity index (χ3v) is 4.14. The molecule has 0 spiro atoms. The van der Waals surface area contributed by atoms with Crippen molar-refractivity contribution in [2.45, 2.75) is 32.9 Å². The first-order chi connectivity index (χ1) is 4.67. The Kier molecular flexibility index (Phi) is 0.658. The molecule has 2 aliphatic heterocycles. The molecule has 0 amide bonds. The predicted octanol–water partition coefficient (Wildman–Crippen LogP) is 1.34. The van der Waals surface area contributed by atoms with Crippen LogP contribution in [0.2, 0.25) is 0 Å². The Morgan fingerprint density at radius 1 is 1.50 bits per heavy atom. The zero-order valence-corrected chi connectivity index (χ0v) is 6.96. The molecule has 2 saturated heterocycles. The summed E-state index contributed by atoms with van der Waals surface area (Å²) in [5, 5.41) is 0. The fourth-order valence-electron chi connectivity index (χ4n) is 3.27. The van der Waals surface area contributed by atoms with E-state index in [0.29, 0.717) is 0 Å². The highest BCUT2D eigenvalue weighted by molar-refractivity contribution is 5.39. The molecular weight excluding hydrogens is 122 g/mol. The van der Waals surface area contributed by atoms with E-state index in [4.69, 9.17) is 0 Å². The summed E-state index contributed by atoms with van der Waals surface area (Å²) in [5.41, 5.74) is 0.824. The van der Waals surface area contributed by atoms with E-state index in [0.717, 1.165) is 29.3 Å². The maximum Gasteiger partial charge on any atom is 0.0196 e. The average molecular weight is 137 g/mol. The highest BCUT2D eigenvalue weighted by atomic mass is 15.4. The van der Waals surface area contributed by atoms with Crippen molar-refractivity contribution in [1.82, 2.24) is 4.90 Å². The van der Waals surface area contributed by atoms with Crippen molar-refractivity contribution in [2.75, 3.05) is 6.54 Å². The fourth-order valence-corrected chi connectivity index (χ4v) is 3.27. The summed E-state index contributed by atoms with van der Waals surface area (Å²) in [6.07, 6.45) is 0. The quantitative estimate of drug-likeness (QED) is 0.527. The molecule has 0 aromatic carbocycles. The van der Waals surface area contributed by atoms with E-state index in [1.165, 1.54) is 6.54 Å². The first-order valence-corrected chi connectivity index (χ1v) is 4.43. The number of hydrogen-bond acceptors (Lipinski definition) is 1. The highest BCUT2D eigenvalue weighted by Crippen LogP contribution is 2.85. The van der Waals surface area contributed by atoms with Gasteiger partial charge in [-0.3, -0.25) is 4.90 Å². The molecule has 2 heterocycles. The van der Waals surface area contributed by atoms with E-state index in [1.807, 2.05) is 0 Å². The first-order valence-electron chi connectivity index (χ1n) is 4.43. The van der Waals surface area contributed by atoms with Crippen LogP contribution in [0.4, 0.5) is 0 Å². The van der Waals surface area contributed by atoms with E-state index >= 15 is 0 Å². The third kappa shape index (κ3) is 0.334. The molecule has 56 valence electrons. The molecule has 0 aromatic rings. The van der Waals surface area contributed by atoms with Gasteiger partial charge in [-0.15, -0.1) is 0 Å². The molecule has 2 saturated carbocycles. The van der Waals surface area contributed by atoms with Gasteiger partial charge < -0.3 is 0 Å². The van der Waals surface area contributed by atoms with Crippen molar-refractivity contribution in [1.29, 1.82) is 0 Å². The third-order valence-electron chi connectivity index (χ3n) is 4.14. The van der Waals surface area contributed by atoms with E-state index < -0.39 is 0 Å². The molecule has 0 N–H and O–H groups in total. The second-order valence-corrected chi connectivity index (χ2v) is 4.73. The summed E-state index contributed by atoms with van der Waals surface area (Å²) in [7, 11) is 0. The molecule has 4 rings (SSSR count). The molecule has 4 atom stereocenters. The Balaban J connectivity index is 1.85. The lowest BCUT2D eigenvalue weighted by Gasteiger charge is -2.19. The fraction of sp³-hybridized carbons (Fsp3) is 1.00. The summed E-state index contributed by atoms with van der Waals surface area (Å²) in [6.45, 7) is 8.52. The van der Waals surface area contributed by atoms with Crippen molar-refractivity contribution in [3.63, 3.8) is 0 Å². The molecule has 2 bridgehead atoms. The summed E-state index contributed by atoms with van der Waals surface area (Å²) < 4.78 is 0. The highest BCUT2D eigenvalue weighted by Gasteiger charge is 2.89. The SMILES string of the molecule is CC(C)N1C[C@@H]2[C@@H]3C1[C@@]23C. The van der Waals surface area contributed by atoms with Crippen molar-refractivity contribution in [3.8, 4) is 0 Å². The van der Waals surface area contributed by atoms with Crippen LogP contribution >= 0.6 is 0 Å². The van der Waals surface area contributed by atoms with Crippen LogP contribution in [0.15, 0.2) is 0 Å². The Labute approximate surface area is 62.4 Å². The number of rotatable bonds is 1. The van der Waals surface area contributed by atoms with Crippen LogP contribution in [-0.2, 0) is 0 Å². The monoisotopic (exact) mass is 137 g/mol. The van der Waals surface area contributed by atoms with Crippen LogP contribution in [0.25, 0.3) is 0 Å². The Hall–Kier alpha value is -0.0400. The van der Waals surface area contributed by atoms with E-state index in [9.17, 15) is 0 Å². The Bertz CT molecular complexity index is 193.